The number of anilines is 2. The summed E-state index contributed by atoms with van der Waals surface area (Å²) < 4.78 is 5.64. The van der Waals surface area contributed by atoms with Gasteiger partial charge in [-0.25, -0.2) is 5.84 Å². The first-order valence-electron chi connectivity index (χ1n) is 7.94. The van der Waals surface area contributed by atoms with E-state index in [1.54, 1.807) is 0 Å². The van der Waals surface area contributed by atoms with Crippen molar-refractivity contribution in [3.05, 3.63) is 0 Å². The maximum atomic E-state index is 5.64. The maximum absolute atomic E-state index is 5.64. The van der Waals surface area contributed by atoms with E-state index in [1.807, 2.05) is 0 Å². The standard InChI is InChI=1S/C14H26N6O/c1-2-3-4-8-11-21-14-17-12(19-15)16-13(18-14)20-9-6-5-7-10-20/h2-11,15H2,1H3,(H,16,17,18,19). The van der Waals surface area contributed by atoms with Gasteiger partial charge >= 0.3 is 6.01 Å². The third-order valence-electron chi connectivity index (χ3n) is 3.60. The molecule has 1 aliphatic heterocycles. The van der Waals surface area contributed by atoms with Crippen molar-refractivity contribution in [1.29, 1.82) is 0 Å². The predicted molar refractivity (Wildman–Crippen MR) is 83.3 cm³/mol. The molecule has 1 aliphatic rings. The van der Waals surface area contributed by atoms with E-state index in [-0.39, 0.29) is 0 Å². The van der Waals surface area contributed by atoms with Gasteiger partial charge in [0.05, 0.1) is 6.61 Å². The molecule has 3 N–H and O–H groups in total. The van der Waals surface area contributed by atoms with Gasteiger partial charge in [0.2, 0.25) is 11.9 Å². The number of ether oxygens (including phenoxy) is 1. The van der Waals surface area contributed by atoms with Crippen LogP contribution >= 0.6 is 0 Å². The number of hydrogen-bond donors (Lipinski definition) is 2. The summed E-state index contributed by atoms with van der Waals surface area (Å²) in [6, 6.07) is 0.357. The molecule has 2 heterocycles. The van der Waals surface area contributed by atoms with Crippen molar-refractivity contribution >= 4 is 11.9 Å². The molecule has 2 rings (SSSR count). The van der Waals surface area contributed by atoms with Crippen LogP contribution in [0.3, 0.4) is 0 Å². The Kier molecular flexibility index (Phi) is 6.46. The summed E-state index contributed by atoms with van der Waals surface area (Å²) in [4.78, 5) is 15.0. The number of nitrogen functional groups attached to an aromatic ring is 1. The molecule has 0 unspecified atom stereocenters. The van der Waals surface area contributed by atoms with Crippen LogP contribution in [0, 0.1) is 0 Å². The average Bonchev–Trinajstić information content (AvgIpc) is 2.55. The van der Waals surface area contributed by atoms with Crippen LogP contribution in [0.1, 0.15) is 51.9 Å². The Hall–Kier alpha value is -1.63. The SMILES string of the molecule is CCCCCCOc1nc(NN)nc(N2CCCCC2)n1. The summed E-state index contributed by atoms with van der Waals surface area (Å²) in [6.45, 7) is 4.78. The molecule has 0 aromatic carbocycles. The quantitative estimate of drug-likeness (QED) is 0.431. The zero-order valence-electron chi connectivity index (χ0n) is 12.8. The Morgan fingerprint density at radius 2 is 1.90 bits per heavy atom. The van der Waals surface area contributed by atoms with Crippen molar-refractivity contribution in [3.63, 3.8) is 0 Å². The average molecular weight is 294 g/mol. The first-order valence-corrected chi connectivity index (χ1v) is 7.94. The molecule has 7 nitrogen and oxygen atoms in total. The van der Waals surface area contributed by atoms with E-state index < -0.39 is 0 Å². The lowest BCUT2D eigenvalue weighted by atomic mass is 10.1. The molecular weight excluding hydrogens is 268 g/mol. The number of piperidine rings is 1. The summed E-state index contributed by atoms with van der Waals surface area (Å²) in [5, 5.41) is 0. The van der Waals surface area contributed by atoms with Gasteiger partial charge in [0.25, 0.3) is 0 Å². The van der Waals surface area contributed by atoms with Gasteiger partial charge in [0.1, 0.15) is 0 Å². The van der Waals surface area contributed by atoms with Crippen molar-refractivity contribution in [2.24, 2.45) is 5.84 Å². The van der Waals surface area contributed by atoms with Crippen molar-refractivity contribution in [2.75, 3.05) is 30.0 Å². The van der Waals surface area contributed by atoms with Crippen LogP contribution < -0.4 is 20.9 Å². The minimum absolute atomic E-state index is 0.356. The van der Waals surface area contributed by atoms with Crippen molar-refractivity contribution in [1.82, 2.24) is 15.0 Å². The third kappa shape index (κ3) is 5.00. The van der Waals surface area contributed by atoms with Crippen LogP contribution in [-0.2, 0) is 0 Å². The Morgan fingerprint density at radius 3 is 2.62 bits per heavy atom. The van der Waals surface area contributed by atoms with Crippen molar-refractivity contribution in [3.8, 4) is 6.01 Å². The topological polar surface area (TPSA) is 89.2 Å². The second-order valence-corrected chi connectivity index (χ2v) is 5.34. The van der Waals surface area contributed by atoms with Gasteiger partial charge < -0.3 is 9.64 Å². The first kappa shape index (κ1) is 15.8. The maximum Gasteiger partial charge on any atom is 0.323 e. The molecule has 0 amide bonds. The minimum Gasteiger partial charge on any atom is -0.463 e. The molecule has 1 fully saturated rings. The monoisotopic (exact) mass is 294 g/mol. The van der Waals surface area contributed by atoms with Crippen LogP contribution in [-0.4, -0.2) is 34.6 Å². The zero-order valence-corrected chi connectivity index (χ0v) is 12.8. The Labute approximate surface area is 126 Å². The van der Waals surface area contributed by atoms with E-state index >= 15 is 0 Å². The molecule has 1 aromatic rings. The predicted octanol–water partition coefficient (Wildman–Crippen LogP) is 2.11. The summed E-state index contributed by atoms with van der Waals surface area (Å²) >= 11 is 0. The molecule has 0 aliphatic carbocycles. The summed E-state index contributed by atoms with van der Waals surface area (Å²) in [5.74, 6) is 6.44. The number of hydrogen-bond acceptors (Lipinski definition) is 7. The zero-order chi connectivity index (χ0) is 14.9. The molecular formula is C14H26N6O. The third-order valence-corrected chi connectivity index (χ3v) is 3.60. The van der Waals surface area contributed by atoms with Crippen molar-refractivity contribution < 1.29 is 4.74 Å². The fourth-order valence-corrected chi connectivity index (χ4v) is 2.40. The highest BCUT2D eigenvalue weighted by molar-refractivity contribution is 5.37. The highest BCUT2D eigenvalue weighted by Gasteiger charge is 2.16. The normalized spacial score (nSPS) is 15.0. The Bertz CT molecular complexity index is 422. The number of rotatable bonds is 8. The Balaban J connectivity index is 1.96. The molecule has 118 valence electrons. The van der Waals surface area contributed by atoms with Crippen LogP contribution in [0.15, 0.2) is 0 Å². The fourth-order valence-electron chi connectivity index (χ4n) is 2.40. The first-order chi connectivity index (χ1) is 10.3. The van der Waals surface area contributed by atoms with Crippen LogP contribution in [0.2, 0.25) is 0 Å². The summed E-state index contributed by atoms with van der Waals surface area (Å²) in [5.41, 5.74) is 2.49. The summed E-state index contributed by atoms with van der Waals surface area (Å²) in [6.07, 6.45) is 8.24. The highest BCUT2D eigenvalue weighted by Crippen LogP contribution is 2.19. The van der Waals surface area contributed by atoms with Gasteiger partial charge in [0.15, 0.2) is 0 Å². The lowest BCUT2D eigenvalue weighted by Crippen LogP contribution is -2.31. The van der Waals surface area contributed by atoms with Crippen molar-refractivity contribution in [2.45, 2.75) is 51.9 Å². The van der Waals surface area contributed by atoms with E-state index in [0.29, 0.717) is 24.5 Å². The number of nitrogens with one attached hydrogen (secondary N) is 1. The lowest BCUT2D eigenvalue weighted by molar-refractivity contribution is 0.281. The highest BCUT2D eigenvalue weighted by atomic mass is 16.5. The number of hydrazine groups is 1. The molecule has 0 spiro atoms. The molecule has 0 atom stereocenters. The lowest BCUT2D eigenvalue weighted by Gasteiger charge is -2.26. The van der Waals surface area contributed by atoms with E-state index in [1.165, 1.54) is 38.5 Å². The van der Waals surface area contributed by atoms with E-state index in [2.05, 4.69) is 32.2 Å². The molecule has 7 heteroatoms. The van der Waals surface area contributed by atoms with Crippen LogP contribution in [0.5, 0.6) is 6.01 Å². The Morgan fingerprint density at radius 1 is 1.10 bits per heavy atom. The summed E-state index contributed by atoms with van der Waals surface area (Å²) in [7, 11) is 0. The number of nitrogens with zero attached hydrogens (tertiary/aromatic N) is 4. The number of unbranched alkanes of at least 4 members (excludes halogenated alkanes) is 3. The second kappa shape index (κ2) is 8.61. The minimum atomic E-state index is 0.356. The van der Waals surface area contributed by atoms with Gasteiger partial charge in [0, 0.05) is 13.1 Å². The van der Waals surface area contributed by atoms with Gasteiger partial charge in [-0.2, -0.15) is 15.0 Å². The molecule has 1 aromatic heterocycles. The fraction of sp³-hybridized carbons (Fsp3) is 0.786. The number of aromatic nitrogens is 3. The molecule has 21 heavy (non-hydrogen) atoms. The number of nitrogens with two attached hydrogens (primary N) is 1. The van der Waals surface area contributed by atoms with Gasteiger partial charge in [-0.15, -0.1) is 0 Å². The second-order valence-electron chi connectivity index (χ2n) is 5.34. The van der Waals surface area contributed by atoms with Gasteiger partial charge in [-0.05, 0) is 25.7 Å². The van der Waals surface area contributed by atoms with Gasteiger partial charge in [-0.1, -0.05) is 26.2 Å². The molecule has 1 saturated heterocycles. The molecule has 0 radical (unpaired) electrons. The van der Waals surface area contributed by atoms with E-state index in [0.717, 1.165) is 19.5 Å². The smallest absolute Gasteiger partial charge is 0.323 e. The van der Waals surface area contributed by atoms with Crippen LogP contribution in [0.4, 0.5) is 11.9 Å². The van der Waals surface area contributed by atoms with E-state index in [9.17, 15) is 0 Å². The van der Waals surface area contributed by atoms with E-state index in [4.69, 9.17) is 10.6 Å². The molecule has 0 bridgehead atoms. The largest absolute Gasteiger partial charge is 0.463 e. The van der Waals surface area contributed by atoms with Gasteiger partial charge in [-0.3, -0.25) is 5.43 Å². The van der Waals surface area contributed by atoms with Crippen LogP contribution in [0.25, 0.3) is 0 Å². The molecule has 0 saturated carbocycles.